The molecule has 1 atom stereocenters. The number of rotatable bonds is 5. The number of carbonyl (C=O) groups excluding carboxylic acids is 2. The number of carbonyl (C=O) groups is 2. The van der Waals surface area contributed by atoms with Crippen LogP contribution in [0.15, 0.2) is 36.4 Å². The summed E-state index contributed by atoms with van der Waals surface area (Å²) in [6.45, 7) is 0. The molecular formula is C15H18N2O2. The van der Waals surface area contributed by atoms with Crippen LogP contribution in [0, 0.1) is 5.92 Å². The number of hydrogen-bond acceptors (Lipinski definition) is 2. The lowest BCUT2D eigenvalue weighted by Gasteiger charge is -2.09. The molecule has 1 unspecified atom stereocenters. The van der Waals surface area contributed by atoms with E-state index in [0.717, 1.165) is 24.1 Å². The van der Waals surface area contributed by atoms with Crippen LogP contribution in [0.3, 0.4) is 0 Å². The van der Waals surface area contributed by atoms with Gasteiger partial charge in [-0.2, -0.15) is 0 Å². The lowest BCUT2D eigenvalue weighted by atomic mass is 10.0. The predicted octanol–water partition coefficient (Wildman–Crippen LogP) is 2.01. The topological polar surface area (TPSA) is 72.2 Å². The molecule has 0 spiro atoms. The monoisotopic (exact) mass is 258 g/mol. The van der Waals surface area contributed by atoms with E-state index < -0.39 is 0 Å². The molecule has 2 rings (SSSR count). The Hall–Kier alpha value is -2.10. The van der Waals surface area contributed by atoms with Crippen LogP contribution in [0.5, 0.6) is 0 Å². The fraction of sp³-hybridized carbons (Fsp3) is 0.333. The lowest BCUT2D eigenvalue weighted by molar-refractivity contribution is -0.118. The molecule has 4 nitrogen and oxygen atoms in total. The smallest absolute Gasteiger partial charge is 0.224 e. The van der Waals surface area contributed by atoms with Gasteiger partial charge in [0.1, 0.15) is 0 Å². The molecule has 0 radical (unpaired) electrons. The van der Waals surface area contributed by atoms with Crippen LogP contribution >= 0.6 is 0 Å². The number of nitrogens with two attached hydrogens (primary N) is 1. The van der Waals surface area contributed by atoms with Gasteiger partial charge in [-0.25, -0.2) is 0 Å². The van der Waals surface area contributed by atoms with Gasteiger partial charge in [0.05, 0.1) is 6.42 Å². The van der Waals surface area contributed by atoms with Gasteiger partial charge >= 0.3 is 0 Å². The molecular weight excluding hydrogens is 240 g/mol. The van der Waals surface area contributed by atoms with Gasteiger partial charge in [0, 0.05) is 12.1 Å². The second kappa shape index (κ2) is 6.18. The lowest BCUT2D eigenvalue weighted by Crippen LogP contribution is -2.15. The first-order valence-electron chi connectivity index (χ1n) is 6.47. The first kappa shape index (κ1) is 13.3. The van der Waals surface area contributed by atoms with Crippen LogP contribution in [0.4, 0.5) is 5.69 Å². The molecule has 0 saturated carbocycles. The predicted molar refractivity (Wildman–Crippen MR) is 74.5 cm³/mol. The van der Waals surface area contributed by atoms with Crippen molar-refractivity contribution in [1.82, 2.24) is 0 Å². The Morgan fingerprint density at radius 2 is 2.00 bits per heavy atom. The molecule has 0 aliphatic heterocycles. The number of anilines is 1. The Balaban J connectivity index is 1.86. The first-order chi connectivity index (χ1) is 9.13. The second-order valence-electron chi connectivity index (χ2n) is 4.86. The van der Waals surface area contributed by atoms with Gasteiger partial charge in [0.25, 0.3) is 0 Å². The third-order valence-corrected chi connectivity index (χ3v) is 3.18. The Kier molecular flexibility index (Phi) is 4.34. The standard InChI is InChI=1S/C15H18N2O2/c16-14(18)9-12-5-7-13(8-6-12)17-15(19)10-11-3-1-2-4-11/h1,3,5-8,11H,2,4,9-10H2,(H2,16,18)(H,17,19). The summed E-state index contributed by atoms with van der Waals surface area (Å²) in [5.74, 6) is 0.0399. The summed E-state index contributed by atoms with van der Waals surface area (Å²) in [6, 6.07) is 7.19. The number of nitrogens with one attached hydrogen (secondary N) is 1. The van der Waals surface area contributed by atoms with Gasteiger partial charge in [-0.05, 0) is 36.5 Å². The average Bonchev–Trinajstić information content (AvgIpc) is 2.83. The second-order valence-corrected chi connectivity index (χ2v) is 4.86. The Morgan fingerprint density at radius 3 is 2.58 bits per heavy atom. The minimum absolute atomic E-state index is 0.0270. The van der Waals surface area contributed by atoms with Crippen LogP contribution in [0.2, 0.25) is 0 Å². The maximum atomic E-state index is 11.8. The minimum Gasteiger partial charge on any atom is -0.369 e. The Labute approximate surface area is 112 Å². The molecule has 19 heavy (non-hydrogen) atoms. The normalized spacial score (nSPS) is 17.4. The zero-order valence-corrected chi connectivity index (χ0v) is 10.8. The minimum atomic E-state index is -0.357. The summed E-state index contributed by atoms with van der Waals surface area (Å²) in [7, 11) is 0. The molecule has 0 saturated heterocycles. The number of amides is 2. The van der Waals surface area contributed by atoms with E-state index in [1.165, 1.54) is 0 Å². The van der Waals surface area contributed by atoms with Crippen molar-refractivity contribution in [3.8, 4) is 0 Å². The van der Waals surface area contributed by atoms with Crippen LogP contribution in [-0.2, 0) is 16.0 Å². The van der Waals surface area contributed by atoms with Crippen LogP contribution in [0.25, 0.3) is 0 Å². The molecule has 0 fully saturated rings. The molecule has 0 bridgehead atoms. The van der Waals surface area contributed by atoms with Crippen molar-refractivity contribution in [3.05, 3.63) is 42.0 Å². The van der Waals surface area contributed by atoms with E-state index in [1.54, 1.807) is 24.3 Å². The van der Waals surface area contributed by atoms with Crippen molar-refractivity contribution >= 4 is 17.5 Å². The quantitative estimate of drug-likeness (QED) is 0.793. The van der Waals surface area contributed by atoms with Crippen molar-refractivity contribution < 1.29 is 9.59 Å². The first-order valence-corrected chi connectivity index (χ1v) is 6.47. The number of primary amides is 1. The summed E-state index contributed by atoms with van der Waals surface area (Å²) in [4.78, 5) is 22.6. The van der Waals surface area contributed by atoms with E-state index in [9.17, 15) is 9.59 Å². The van der Waals surface area contributed by atoms with Gasteiger partial charge in [0.15, 0.2) is 0 Å². The molecule has 2 amide bonds. The third kappa shape index (κ3) is 4.25. The number of allylic oxidation sites excluding steroid dienone is 2. The van der Waals surface area contributed by atoms with Crippen molar-refractivity contribution in [2.45, 2.75) is 25.7 Å². The molecule has 1 aliphatic rings. The van der Waals surface area contributed by atoms with Crippen molar-refractivity contribution in [1.29, 1.82) is 0 Å². The van der Waals surface area contributed by atoms with Gasteiger partial charge in [-0.15, -0.1) is 0 Å². The van der Waals surface area contributed by atoms with Gasteiger partial charge in [-0.1, -0.05) is 24.3 Å². The van der Waals surface area contributed by atoms with E-state index in [-0.39, 0.29) is 18.2 Å². The summed E-state index contributed by atoms with van der Waals surface area (Å²) >= 11 is 0. The zero-order valence-electron chi connectivity index (χ0n) is 10.8. The van der Waals surface area contributed by atoms with E-state index in [1.807, 2.05) is 0 Å². The largest absolute Gasteiger partial charge is 0.369 e. The Morgan fingerprint density at radius 1 is 1.26 bits per heavy atom. The average molecular weight is 258 g/mol. The van der Waals surface area contributed by atoms with Crippen LogP contribution in [-0.4, -0.2) is 11.8 Å². The summed E-state index contributed by atoms with van der Waals surface area (Å²) in [5.41, 5.74) is 6.72. The molecule has 0 heterocycles. The van der Waals surface area contributed by atoms with Crippen molar-refractivity contribution in [2.24, 2.45) is 11.7 Å². The van der Waals surface area contributed by atoms with Crippen molar-refractivity contribution in [2.75, 3.05) is 5.32 Å². The van der Waals surface area contributed by atoms with Crippen molar-refractivity contribution in [3.63, 3.8) is 0 Å². The van der Waals surface area contributed by atoms with Crippen LogP contribution < -0.4 is 11.1 Å². The molecule has 0 aromatic heterocycles. The highest BCUT2D eigenvalue weighted by molar-refractivity contribution is 5.91. The molecule has 1 aromatic rings. The highest BCUT2D eigenvalue weighted by atomic mass is 16.1. The van der Waals surface area contributed by atoms with Gasteiger partial charge < -0.3 is 11.1 Å². The van der Waals surface area contributed by atoms with E-state index >= 15 is 0 Å². The Bertz CT molecular complexity index is 491. The molecule has 1 aromatic carbocycles. The maximum absolute atomic E-state index is 11.8. The highest BCUT2D eigenvalue weighted by Gasteiger charge is 2.13. The summed E-state index contributed by atoms with van der Waals surface area (Å²) in [5, 5.41) is 2.86. The highest BCUT2D eigenvalue weighted by Crippen LogP contribution is 2.21. The third-order valence-electron chi connectivity index (χ3n) is 3.18. The fourth-order valence-corrected chi connectivity index (χ4v) is 2.22. The molecule has 3 N–H and O–H groups in total. The zero-order chi connectivity index (χ0) is 13.7. The van der Waals surface area contributed by atoms with Gasteiger partial charge in [-0.3, -0.25) is 9.59 Å². The molecule has 4 heteroatoms. The summed E-state index contributed by atoms with van der Waals surface area (Å²) in [6.07, 6.45) is 7.11. The summed E-state index contributed by atoms with van der Waals surface area (Å²) < 4.78 is 0. The number of hydrogen-bond donors (Lipinski definition) is 2. The molecule has 100 valence electrons. The number of benzene rings is 1. The van der Waals surface area contributed by atoms with Gasteiger partial charge in [0.2, 0.25) is 11.8 Å². The molecule has 1 aliphatic carbocycles. The van der Waals surface area contributed by atoms with Crippen LogP contribution in [0.1, 0.15) is 24.8 Å². The van der Waals surface area contributed by atoms with E-state index in [2.05, 4.69) is 17.5 Å². The SMILES string of the molecule is NC(=O)Cc1ccc(NC(=O)CC2C=CCC2)cc1. The maximum Gasteiger partial charge on any atom is 0.224 e. The van der Waals surface area contributed by atoms with E-state index in [4.69, 9.17) is 5.73 Å². The fourth-order valence-electron chi connectivity index (χ4n) is 2.22. The van der Waals surface area contributed by atoms with E-state index in [0.29, 0.717) is 12.3 Å².